The van der Waals surface area contributed by atoms with Crippen molar-refractivity contribution < 1.29 is 22.7 Å². The van der Waals surface area contributed by atoms with Crippen molar-refractivity contribution in [2.45, 2.75) is 30.3 Å². The summed E-state index contributed by atoms with van der Waals surface area (Å²) in [6, 6.07) is 6.66. The fraction of sp³-hybridized carbons (Fsp3) is 0.316. The molecule has 1 atom stereocenters. The third kappa shape index (κ3) is 2.66. The lowest BCUT2D eigenvalue weighted by Gasteiger charge is -2.16. The highest BCUT2D eigenvalue weighted by Crippen LogP contribution is 2.64. The van der Waals surface area contributed by atoms with Crippen molar-refractivity contribution in [1.29, 1.82) is 0 Å². The maximum atomic E-state index is 13.7. The van der Waals surface area contributed by atoms with E-state index >= 15 is 0 Å². The zero-order valence-corrected chi connectivity index (χ0v) is 14.8. The number of fused-ring (bicyclic) bond motifs is 1. The van der Waals surface area contributed by atoms with Crippen LogP contribution >= 0.6 is 0 Å². The van der Waals surface area contributed by atoms with Crippen molar-refractivity contribution in [2.75, 3.05) is 6.26 Å². The van der Waals surface area contributed by atoms with Crippen LogP contribution in [0.25, 0.3) is 4.85 Å². The normalized spacial score (nSPS) is 19.8. The van der Waals surface area contributed by atoms with E-state index in [1.165, 1.54) is 24.3 Å². The SMILES string of the molecule is [C-]#[N+]c1cc(F)cc(Oc2ccc(S(C)(=O)=O)c3c2CC2(CC2)C3O)c1. The molecular weight excluding hydrogens is 357 g/mol. The van der Waals surface area contributed by atoms with Gasteiger partial charge in [0.05, 0.1) is 17.6 Å². The van der Waals surface area contributed by atoms with Gasteiger partial charge in [-0.05, 0) is 43.5 Å². The molecule has 0 aliphatic heterocycles. The Morgan fingerprint density at radius 2 is 2.04 bits per heavy atom. The van der Waals surface area contributed by atoms with E-state index in [1.54, 1.807) is 0 Å². The number of sulfone groups is 1. The summed E-state index contributed by atoms with van der Waals surface area (Å²) < 4.78 is 43.7. The zero-order chi connectivity index (χ0) is 18.7. The number of hydrogen-bond acceptors (Lipinski definition) is 4. The van der Waals surface area contributed by atoms with E-state index in [0.717, 1.165) is 25.2 Å². The molecule has 1 saturated carbocycles. The van der Waals surface area contributed by atoms with Crippen LogP contribution < -0.4 is 4.74 Å². The largest absolute Gasteiger partial charge is 0.458 e. The first-order valence-corrected chi connectivity index (χ1v) is 10.0. The molecule has 134 valence electrons. The topological polar surface area (TPSA) is 68.0 Å². The van der Waals surface area contributed by atoms with Crippen LogP contribution in [0, 0.1) is 17.8 Å². The second-order valence-corrected chi connectivity index (χ2v) is 9.01. The average Bonchev–Trinajstić information content (AvgIpc) is 3.28. The van der Waals surface area contributed by atoms with Crippen molar-refractivity contribution in [3.63, 3.8) is 0 Å². The van der Waals surface area contributed by atoms with Crippen LogP contribution in [-0.2, 0) is 16.3 Å². The second kappa shape index (κ2) is 5.53. The predicted molar refractivity (Wildman–Crippen MR) is 92.6 cm³/mol. The number of aliphatic hydroxyl groups is 1. The molecule has 2 aliphatic carbocycles. The summed E-state index contributed by atoms with van der Waals surface area (Å²) in [5.41, 5.74) is 0.837. The van der Waals surface area contributed by atoms with Crippen LogP contribution in [0.1, 0.15) is 30.1 Å². The molecule has 0 aromatic heterocycles. The van der Waals surface area contributed by atoms with Crippen LogP contribution in [-0.4, -0.2) is 19.8 Å². The summed E-state index contributed by atoms with van der Waals surface area (Å²) in [7, 11) is -3.51. The number of benzene rings is 2. The Morgan fingerprint density at radius 1 is 1.31 bits per heavy atom. The first-order valence-electron chi connectivity index (χ1n) is 8.13. The lowest BCUT2D eigenvalue weighted by molar-refractivity contribution is 0.107. The van der Waals surface area contributed by atoms with Crippen LogP contribution in [0.3, 0.4) is 0 Å². The van der Waals surface area contributed by atoms with Gasteiger partial charge in [0.15, 0.2) is 15.5 Å². The van der Waals surface area contributed by atoms with Gasteiger partial charge in [-0.3, -0.25) is 0 Å². The van der Waals surface area contributed by atoms with E-state index < -0.39 is 21.8 Å². The Bertz CT molecular complexity index is 1070. The molecule has 0 saturated heterocycles. The molecule has 26 heavy (non-hydrogen) atoms. The van der Waals surface area contributed by atoms with Crippen molar-refractivity contribution in [3.05, 3.63) is 58.7 Å². The minimum atomic E-state index is -3.51. The second-order valence-electron chi connectivity index (χ2n) is 7.03. The van der Waals surface area contributed by atoms with Gasteiger partial charge < -0.3 is 9.84 Å². The fourth-order valence-corrected chi connectivity index (χ4v) is 4.64. The van der Waals surface area contributed by atoms with Gasteiger partial charge in [-0.1, -0.05) is 0 Å². The Balaban J connectivity index is 1.83. The molecule has 1 spiro atoms. The molecule has 7 heteroatoms. The third-order valence-corrected chi connectivity index (χ3v) is 6.32. The third-order valence-electron chi connectivity index (χ3n) is 5.16. The lowest BCUT2D eigenvalue weighted by Crippen LogP contribution is -2.10. The first-order chi connectivity index (χ1) is 12.2. The summed E-state index contributed by atoms with van der Waals surface area (Å²) >= 11 is 0. The highest BCUT2D eigenvalue weighted by atomic mass is 32.2. The summed E-state index contributed by atoms with van der Waals surface area (Å²) in [5.74, 6) is -0.0371. The molecule has 0 bridgehead atoms. The fourth-order valence-electron chi connectivity index (χ4n) is 3.69. The summed E-state index contributed by atoms with van der Waals surface area (Å²) in [4.78, 5) is 3.32. The molecule has 0 amide bonds. The van der Waals surface area contributed by atoms with E-state index in [9.17, 15) is 17.9 Å². The van der Waals surface area contributed by atoms with Crippen LogP contribution in [0.2, 0.25) is 0 Å². The Morgan fingerprint density at radius 3 is 2.65 bits per heavy atom. The number of hydrogen-bond donors (Lipinski definition) is 1. The molecule has 2 aliphatic rings. The maximum Gasteiger partial charge on any atom is 0.193 e. The van der Waals surface area contributed by atoms with Gasteiger partial charge in [0.1, 0.15) is 17.3 Å². The summed E-state index contributed by atoms with van der Waals surface area (Å²) in [6.07, 6.45) is 2.44. The minimum Gasteiger partial charge on any atom is -0.458 e. The molecule has 1 fully saturated rings. The summed E-state index contributed by atoms with van der Waals surface area (Å²) in [6.45, 7) is 7.03. The molecule has 1 N–H and O–H groups in total. The monoisotopic (exact) mass is 373 g/mol. The smallest absolute Gasteiger partial charge is 0.193 e. The number of nitrogens with zero attached hydrogens (tertiary/aromatic N) is 1. The molecule has 2 aromatic rings. The molecule has 4 rings (SSSR count). The van der Waals surface area contributed by atoms with Gasteiger partial charge in [0, 0.05) is 28.9 Å². The molecular formula is C19H16FNO4S. The molecule has 0 heterocycles. The number of aliphatic hydroxyl groups excluding tert-OH is 1. The van der Waals surface area contributed by atoms with E-state index in [4.69, 9.17) is 11.3 Å². The zero-order valence-electron chi connectivity index (χ0n) is 14.0. The first kappa shape index (κ1) is 17.0. The minimum absolute atomic E-state index is 0.109. The van der Waals surface area contributed by atoms with Crippen LogP contribution in [0.4, 0.5) is 10.1 Å². The summed E-state index contributed by atoms with van der Waals surface area (Å²) in [5, 5.41) is 10.7. The number of ether oxygens (including phenoxy) is 1. The van der Waals surface area contributed by atoms with Crippen molar-refractivity contribution in [1.82, 2.24) is 0 Å². The van der Waals surface area contributed by atoms with Crippen LogP contribution in [0.5, 0.6) is 11.5 Å². The van der Waals surface area contributed by atoms with Gasteiger partial charge in [-0.15, -0.1) is 0 Å². The quantitative estimate of drug-likeness (QED) is 0.828. The van der Waals surface area contributed by atoms with E-state index in [0.29, 0.717) is 23.3 Å². The van der Waals surface area contributed by atoms with Gasteiger partial charge in [0.25, 0.3) is 0 Å². The Hall–Kier alpha value is -2.43. The lowest BCUT2D eigenvalue weighted by atomic mass is 10.0. The highest BCUT2D eigenvalue weighted by molar-refractivity contribution is 7.90. The number of halogens is 1. The van der Waals surface area contributed by atoms with Crippen LogP contribution in [0.15, 0.2) is 35.2 Å². The predicted octanol–water partition coefficient (Wildman–Crippen LogP) is 3.94. The van der Waals surface area contributed by atoms with Crippen molar-refractivity contribution in [2.24, 2.45) is 5.41 Å². The Kier molecular flexibility index (Phi) is 3.62. The van der Waals surface area contributed by atoms with Crippen molar-refractivity contribution in [3.8, 4) is 11.5 Å². The highest BCUT2D eigenvalue weighted by Gasteiger charge is 2.56. The number of rotatable bonds is 3. The van der Waals surface area contributed by atoms with E-state index in [2.05, 4.69) is 4.85 Å². The van der Waals surface area contributed by atoms with E-state index in [1.807, 2.05) is 0 Å². The van der Waals surface area contributed by atoms with Gasteiger partial charge >= 0.3 is 0 Å². The molecule has 2 aromatic carbocycles. The van der Waals surface area contributed by atoms with E-state index in [-0.39, 0.29) is 21.7 Å². The maximum absolute atomic E-state index is 13.7. The molecule has 0 radical (unpaired) electrons. The average molecular weight is 373 g/mol. The van der Waals surface area contributed by atoms with Gasteiger partial charge in [-0.25, -0.2) is 17.7 Å². The van der Waals surface area contributed by atoms with Crippen molar-refractivity contribution >= 4 is 15.5 Å². The Labute approximate surface area is 150 Å². The molecule has 1 unspecified atom stereocenters. The van der Waals surface area contributed by atoms with Gasteiger partial charge in [-0.2, -0.15) is 0 Å². The molecule has 5 nitrogen and oxygen atoms in total. The van der Waals surface area contributed by atoms with Gasteiger partial charge in [0.2, 0.25) is 0 Å². The standard InChI is InChI=1S/C19H16FNO4S/c1-21-12-7-11(20)8-13(9-12)25-15-3-4-16(26(2,23)24)17-14(15)10-19(5-6-19)18(17)22/h3-4,7-9,18,22H,5-6,10H2,2H3.